The molecule has 1 fully saturated rings. The van der Waals surface area contributed by atoms with Crippen LogP contribution in [0.1, 0.15) is 22.5 Å². The number of carbonyl (C=O) groups excluding carboxylic acids is 1. The molecule has 2 aromatic rings. The number of hydrogen-bond acceptors (Lipinski definition) is 8. The van der Waals surface area contributed by atoms with E-state index in [1.54, 1.807) is 17.0 Å². The molecular weight excluding hydrogens is 364 g/mol. The smallest absolute Gasteiger partial charge is 0.257 e. The second-order valence-corrected chi connectivity index (χ2v) is 5.98. The van der Waals surface area contributed by atoms with Crippen molar-refractivity contribution in [3.8, 4) is 29.2 Å². The van der Waals surface area contributed by atoms with Gasteiger partial charge in [0, 0.05) is 25.4 Å². The van der Waals surface area contributed by atoms with E-state index in [9.17, 15) is 4.79 Å². The van der Waals surface area contributed by atoms with E-state index in [-0.39, 0.29) is 23.6 Å². The maximum atomic E-state index is 13.0. The van der Waals surface area contributed by atoms with Crippen LogP contribution in [0.3, 0.4) is 0 Å². The van der Waals surface area contributed by atoms with Crippen molar-refractivity contribution < 1.29 is 23.7 Å². The predicted octanol–water partition coefficient (Wildman–Crippen LogP) is 1.67. The maximum Gasteiger partial charge on any atom is 0.257 e. The molecular formula is C19H20N4O5. The molecule has 9 nitrogen and oxygen atoms in total. The van der Waals surface area contributed by atoms with Gasteiger partial charge in [0.1, 0.15) is 12.2 Å². The van der Waals surface area contributed by atoms with Gasteiger partial charge in [0.05, 0.1) is 33.4 Å². The number of carbonyl (C=O) groups is 1. The first-order chi connectivity index (χ1) is 13.6. The van der Waals surface area contributed by atoms with Crippen molar-refractivity contribution in [1.82, 2.24) is 14.9 Å². The Morgan fingerprint density at radius 3 is 2.57 bits per heavy atom. The van der Waals surface area contributed by atoms with Crippen LogP contribution in [0.25, 0.3) is 0 Å². The molecule has 2 heterocycles. The molecule has 1 saturated heterocycles. The lowest BCUT2D eigenvalue weighted by atomic mass is 10.1. The second-order valence-electron chi connectivity index (χ2n) is 5.98. The molecule has 3 rings (SSSR count). The Hall–Kier alpha value is -3.54. The molecule has 0 radical (unpaired) electrons. The van der Waals surface area contributed by atoms with Gasteiger partial charge in [0.25, 0.3) is 11.8 Å². The highest BCUT2D eigenvalue weighted by molar-refractivity contribution is 5.98. The zero-order valence-electron chi connectivity index (χ0n) is 15.8. The quantitative estimate of drug-likeness (QED) is 0.740. The Balaban J connectivity index is 1.77. The third-order valence-electron chi connectivity index (χ3n) is 4.42. The lowest BCUT2D eigenvalue weighted by molar-refractivity contribution is 0.0767. The summed E-state index contributed by atoms with van der Waals surface area (Å²) in [6.45, 7) is 0.862. The molecule has 1 unspecified atom stereocenters. The highest BCUT2D eigenvalue weighted by Gasteiger charge is 2.32. The summed E-state index contributed by atoms with van der Waals surface area (Å²) in [6.07, 6.45) is 3.23. The van der Waals surface area contributed by atoms with Crippen LogP contribution >= 0.6 is 0 Å². The van der Waals surface area contributed by atoms with Crippen LogP contribution in [0.2, 0.25) is 0 Å². The fraction of sp³-hybridized carbons (Fsp3) is 0.368. The van der Waals surface area contributed by atoms with Crippen molar-refractivity contribution in [2.45, 2.75) is 12.5 Å². The molecule has 0 N–H and O–H groups in total. The SMILES string of the molecule is COc1ccc(C(=O)N2CCC(Oc3nccnc3C#N)C2)c(OC)c1OC. The number of amides is 1. The minimum Gasteiger partial charge on any atom is -0.493 e. The van der Waals surface area contributed by atoms with Gasteiger partial charge >= 0.3 is 0 Å². The number of likely N-dealkylation sites (tertiary alicyclic amines) is 1. The molecule has 0 saturated carbocycles. The van der Waals surface area contributed by atoms with Gasteiger partial charge in [-0.1, -0.05) is 0 Å². The molecule has 1 aromatic carbocycles. The third-order valence-corrected chi connectivity index (χ3v) is 4.42. The zero-order valence-corrected chi connectivity index (χ0v) is 15.8. The summed E-state index contributed by atoms with van der Waals surface area (Å²) in [7, 11) is 4.48. The van der Waals surface area contributed by atoms with Crippen molar-refractivity contribution in [3.63, 3.8) is 0 Å². The number of aromatic nitrogens is 2. The van der Waals surface area contributed by atoms with Crippen LogP contribution in [0.4, 0.5) is 0 Å². The van der Waals surface area contributed by atoms with Gasteiger partial charge in [0.15, 0.2) is 11.5 Å². The number of nitrogens with zero attached hydrogens (tertiary/aromatic N) is 4. The van der Waals surface area contributed by atoms with Gasteiger partial charge in [-0.2, -0.15) is 5.26 Å². The first kappa shape index (κ1) is 19.2. The largest absolute Gasteiger partial charge is 0.493 e. The molecule has 1 amide bonds. The Labute approximate surface area is 162 Å². The van der Waals surface area contributed by atoms with Crippen LogP contribution in [-0.4, -0.2) is 61.3 Å². The van der Waals surface area contributed by atoms with E-state index in [4.69, 9.17) is 24.2 Å². The van der Waals surface area contributed by atoms with E-state index in [2.05, 4.69) is 9.97 Å². The van der Waals surface area contributed by atoms with Gasteiger partial charge in [-0.25, -0.2) is 9.97 Å². The van der Waals surface area contributed by atoms with Crippen molar-refractivity contribution >= 4 is 5.91 Å². The van der Waals surface area contributed by atoms with E-state index in [1.807, 2.05) is 6.07 Å². The lowest BCUT2D eigenvalue weighted by Crippen LogP contribution is -2.31. The Kier molecular flexibility index (Phi) is 5.79. The molecule has 1 aliphatic heterocycles. The summed E-state index contributed by atoms with van der Waals surface area (Å²) in [5, 5.41) is 9.10. The van der Waals surface area contributed by atoms with Crippen LogP contribution < -0.4 is 18.9 Å². The Morgan fingerprint density at radius 2 is 1.89 bits per heavy atom. The van der Waals surface area contributed by atoms with Crippen molar-refractivity contribution in [1.29, 1.82) is 5.26 Å². The van der Waals surface area contributed by atoms with E-state index < -0.39 is 0 Å². The molecule has 1 aliphatic rings. The van der Waals surface area contributed by atoms with Crippen molar-refractivity contribution in [3.05, 3.63) is 35.8 Å². The monoisotopic (exact) mass is 384 g/mol. The maximum absolute atomic E-state index is 13.0. The highest BCUT2D eigenvalue weighted by atomic mass is 16.5. The minimum atomic E-state index is -0.279. The summed E-state index contributed by atoms with van der Waals surface area (Å²) in [4.78, 5) is 22.7. The van der Waals surface area contributed by atoms with Crippen molar-refractivity contribution in [2.24, 2.45) is 0 Å². The minimum absolute atomic E-state index is 0.119. The summed E-state index contributed by atoms with van der Waals surface area (Å²) in [5.74, 6) is 1.12. The normalized spacial score (nSPS) is 15.6. The number of nitriles is 1. The second kappa shape index (κ2) is 8.43. The first-order valence-corrected chi connectivity index (χ1v) is 8.58. The molecule has 146 valence electrons. The number of rotatable bonds is 6. The average molecular weight is 384 g/mol. The molecule has 28 heavy (non-hydrogen) atoms. The van der Waals surface area contributed by atoms with Crippen LogP contribution in [0.5, 0.6) is 23.1 Å². The lowest BCUT2D eigenvalue weighted by Gasteiger charge is -2.20. The number of benzene rings is 1. The summed E-state index contributed by atoms with van der Waals surface area (Å²) in [5.41, 5.74) is 0.492. The first-order valence-electron chi connectivity index (χ1n) is 8.58. The standard InChI is InChI=1S/C19H20N4O5/c1-25-15-5-4-13(16(26-2)17(15)27-3)19(24)23-9-6-12(11-23)28-18-14(10-20)21-7-8-22-18/h4-5,7-8,12H,6,9,11H2,1-3H3. The van der Waals surface area contributed by atoms with E-state index in [0.717, 1.165) is 0 Å². The molecule has 9 heteroatoms. The highest BCUT2D eigenvalue weighted by Crippen LogP contribution is 2.40. The topological polar surface area (TPSA) is 107 Å². The van der Waals surface area contributed by atoms with Crippen LogP contribution in [0, 0.1) is 11.3 Å². The van der Waals surface area contributed by atoms with E-state index in [1.165, 1.54) is 33.7 Å². The molecule has 1 aromatic heterocycles. The number of ether oxygens (including phenoxy) is 4. The van der Waals surface area contributed by atoms with Gasteiger partial charge in [-0.15, -0.1) is 0 Å². The van der Waals surface area contributed by atoms with Gasteiger partial charge in [-0.05, 0) is 12.1 Å². The molecule has 0 spiro atoms. The van der Waals surface area contributed by atoms with Gasteiger partial charge < -0.3 is 23.8 Å². The number of hydrogen-bond donors (Lipinski definition) is 0. The Morgan fingerprint density at radius 1 is 1.14 bits per heavy atom. The summed E-state index contributed by atoms with van der Waals surface area (Å²) in [6, 6.07) is 5.26. The average Bonchev–Trinajstić information content (AvgIpc) is 3.20. The van der Waals surface area contributed by atoms with Crippen LogP contribution in [0.15, 0.2) is 24.5 Å². The fourth-order valence-corrected chi connectivity index (χ4v) is 3.09. The summed E-state index contributed by atoms with van der Waals surface area (Å²) < 4.78 is 21.8. The van der Waals surface area contributed by atoms with E-state index >= 15 is 0 Å². The van der Waals surface area contributed by atoms with E-state index in [0.29, 0.717) is 42.3 Å². The van der Waals surface area contributed by atoms with Crippen molar-refractivity contribution in [2.75, 3.05) is 34.4 Å². The molecule has 1 atom stereocenters. The van der Waals surface area contributed by atoms with Crippen LogP contribution in [-0.2, 0) is 0 Å². The molecule has 0 aliphatic carbocycles. The van der Waals surface area contributed by atoms with Gasteiger partial charge in [0.2, 0.25) is 11.4 Å². The summed E-state index contributed by atoms with van der Waals surface area (Å²) >= 11 is 0. The van der Waals surface area contributed by atoms with Gasteiger partial charge in [-0.3, -0.25) is 4.79 Å². The predicted molar refractivity (Wildman–Crippen MR) is 97.8 cm³/mol. The number of methoxy groups -OCH3 is 3. The third kappa shape index (κ3) is 3.62. The Bertz CT molecular complexity index is 912. The zero-order chi connectivity index (χ0) is 20.1. The molecule has 0 bridgehead atoms. The fourth-order valence-electron chi connectivity index (χ4n) is 3.09.